The Bertz CT molecular complexity index is 456. The van der Waals surface area contributed by atoms with Gasteiger partial charge in [0.15, 0.2) is 5.13 Å². The van der Waals surface area contributed by atoms with E-state index in [1.807, 2.05) is 30.0 Å². The number of anilines is 1. The maximum atomic E-state index is 5.91. The highest BCUT2D eigenvalue weighted by atomic mass is 35.5. The van der Waals surface area contributed by atoms with E-state index >= 15 is 0 Å². The number of hydrogen-bond donors (Lipinski definition) is 1. The Kier molecular flexibility index (Phi) is 3.72. The summed E-state index contributed by atoms with van der Waals surface area (Å²) < 4.78 is 1.13. The van der Waals surface area contributed by atoms with Gasteiger partial charge in [0.25, 0.3) is 0 Å². The summed E-state index contributed by atoms with van der Waals surface area (Å²) in [4.78, 5) is 4.47. The molecule has 0 amide bonds. The van der Waals surface area contributed by atoms with E-state index in [-0.39, 0.29) is 0 Å². The van der Waals surface area contributed by atoms with Crippen LogP contribution in [0.25, 0.3) is 10.2 Å². The molecule has 0 aliphatic rings. The molecule has 0 saturated carbocycles. The van der Waals surface area contributed by atoms with E-state index in [0.29, 0.717) is 0 Å². The molecule has 0 atom stereocenters. The van der Waals surface area contributed by atoms with Crippen molar-refractivity contribution in [3.05, 3.63) is 23.2 Å². The fourth-order valence-electron chi connectivity index (χ4n) is 1.23. The number of nitrogens with zero attached hydrogens (tertiary/aromatic N) is 1. The average molecular weight is 259 g/mol. The molecule has 2 nitrogen and oxygen atoms in total. The molecule has 1 heterocycles. The van der Waals surface area contributed by atoms with Crippen LogP contribution in [0.2, 0.25) is 5.02 Å². The number of hydrogen-bond acceptors (Lipinski definition) is 4. The molecule has 15 heavy (non-hydrogen) atoms. The van der Waals surface area contributed by atoms with E-state index in [4.69, 9.17) is 11.6 Å². The summed E-state index contributed by atoms with van der Waals surface area (Å²) in [5.41, 5.74) is 1.01. The molecule has 5 heteroatoms. The van der Waals surface area contributed by atoms with E-state index in [1.165, 1.54) is 0 Å². The highest BCUT2D eigenvalue weighted by Crippen LogP contribution is 2.28. The van der Waals surface area contributed by atoms with Gasteiger partial charge in [-0.3, -0.25) is 0 Å². The maximum absolute atomic E-state index is 5.91. The third kappa shape index (κ3) is 2.77. The second-order valence-corrected chi connectivity index (χ2v) is 5.50. The number of aromatic nitrogens is 1. The van der Waals surface area contributed by atoms with Crippen molar-refractivity contribution < 1.29 is 0 Å². The first kappa shape index (κ1) is 11.0. The zero-order chi connectivity index (χ0) is 10.7. The summed E-state index contributed by atoms with van der Waals surface area (Å²) in [6.45, 7) is 0.953. The van der Waals surface area contributed by atoms with Crippen LogP contribution < -0.4 is 5.32 Å². The standard InChI is InChI=1S/C10H11ClN2S2/c1-14-5-4-12-10-13-8-3-2-7(11)6-9(8)15-10/h2-3,6H,4-5H2,1H3,(H,12,13). The molecule has 0 fully saturated rings. The molecule has 0 saturated heterocycles. The van der Waals surface area contributed by atoms with Crippen LogP contribution in [0.15, 0.2) is 18.2 Å². The quantitative estimate of drug-likeness (QED) is 0.846. The summed E-state index contributed by atoms with van der Waals surface area (Å²) >= 11 is 9.38. The van der Waals surface area contributed by atoms with Crippen molar-refractivity contribution in [2.45, 2.75) is 0 Å². The van der Waals surface area contributed by atoms with Crippen molar-refractivity contribution in [2.75, 3.05) is 23.9 Å². The van der Waals surface area contributed by atoms with E-state index in [9.17, 15) is 0 Å². The minimum Gasteiger partial charge on any atom is -0.361 e. The van der Waals surface area contributed by atoms with E-state index in [2.05, 4.69) is 16.6 Å². The lowest BCUT2D eigenvalue weighted by molar-refractivity contribution is 1.21. The van der Waals surface area contributed by atoms with Crippen molar-refractivity contribution in [3.8, 4) is 0 Å². The molecule has 0 unspecified atom stereocenters. The molecule has 0 spiro atoms. The summed E-state index contributed by atoms with van der Waals surface area (Å²) in [5.74, 6) is 1.09. The monoisotopic (exact) mass is 258 g/mol. The third-order valence-corrected chi connectivity index (χ3v) is 3.76. The third-order valence-electron chi connectivity index (χ3n) is 1.93. The summed E-state index contributed by atoms with van der Waals surface area (Å²) in [6, 6.07) is 5.78. The number of nitrogens with one attached hydrogen (secondary N) is 1. The molecule has 2 aromatic rings. The minimum absolute atomic E-state index is 0.766. The number of benzene rings is 1. The van der Waals surface area contributed by atoms with Crippen molar-refractivity contribution >= 4 is 50.0 Å². The van der Waals surface area contributed by atoms with Crippen LogP contribution in [-0.4, -0.2) is 23.5 Å². The van der Waals surface area contributed by atoms with E-state index in [0.717, 1.165) is 32.7 Å². The van der Waals surface area contributed by atoms with Crippen LogP contribution in [0, 0.1) is 0 Å². The number of halogens is 1. The van der Waals surface area contributed by atoms with Gasteiger partial charge in [-0.05, 0) is 24.5 Å². The van der Waals surface area contributed by atoms with E-state index in [1.54, 1.807) is 11.3 Å². The molecular weight excluding hydrogens is 248 g/mol. The van der Waals surface area contributed by atoms with E-state index < -0.39 is 0 Å². The lowest BCUT2D eigenvalue weighted by atomic mass is 10.3. The zero-order valence-electron chi connectivity index (χ0n) is 8.29. The van der Waals surface area contributed by atoms with Crippen LogP contribution in [0.5, 0.6) is 0 Å². The molecule has 0 aliphatic carbocycles. The van der Waals surface area contributed by atoms with Gasteiger partial charge in [0.2, 0.25) is 0 Å². The van der Waals surface area contributed by atoms with Gasteiger partial charge in [0.05, 0.1) is 10.2 Å². The molecule has 0 radical (unpaired) electrons. The van der Waals surface area contributed by atoms with Crippen molar-refractivity contribution in [1.29, 1.82) is 0 Å². The van der Waals surface area contributed by atoms with Crippen molar-refractivity contribution in [2.24, 2.45) is 0 Å². The minimum atomic E-state index is 0.766. The Morgan fingerprint density at radius 2 is 2.40 bits per heavy atom. The SMILES string of the molecule is CSCCNc1nc2ccc(Cl)cc2s1. The highest BCUT2D eigenvalue weighted by molar-refractivity contribution is 7.98. The van der Waals surface area contributed by atoms with Gasteiger partial charge < -0.3 is 5.32 Å². The van der Waals surface area contributed by atoms with Gasteiger partial charge in [-0.2, -0.15) is 11.8 Å². The number of thiazole rings is 1. The second kappa shape index (κ2) is 5.05. The summed E-state index contributed by atoms with van der Waals surface area (Å²) in [7, 11) is 0. The largest absolute Gasteiger partial charge is 0.361 e. The number of fused-ring (bicyclic) bond motifs is 1. The molecule has 1 N–H and O–H groups in total. The van der Waals surface area contributed by atoms with Gasteiger partial charge in [-0.1, -0.05) is 22.9 Å². The molecule has 80 valence electrons. The number of thioether (sulfide) groups is 1. The summed E-state index contributed by atoms with van der Waals surface area (Å²) in [5, 5.41) is 5.04. The Balaban J connectivity index is 2.16. The van der Waals surface area contributed by atoms with Crippen molar-refractivity contribution in [1.82, 2.24) is 4.98 Å². The Labute approximate surface area is 102 Å². The maximum Gasteiger partial charge on any atom is 0.183 e. The van der Waals surface area contributed by atoms with Gasteiger partial charge in [0.1, 0.15) is 0 Å². The molecular formula is C10H11ClN2S2. The van der Waals surface area contributed by atoms with Crippen LogP contribution in [-0.2, 0) is 0 Å². The van der Waals surface area contributed by atoms with Crippen LogP contribution in [0.1, 0.15) is 0 Å². The Morgan fingerprint density at radius 1 is 1.53 bits per heavy atom. The van der Waals surface area contributed by atoms with Crippen LogP contribution >= 0.6 is 34.7 Å². The number of rotatable bonds is 4. The average Bonchev–Trinajstić information content (AvgIpc) is 2.60. The molecule has 0 aliphatic heterocycles. The lowest BCUT2D eigenvalue weighted by Crippen LogP contribution is -2.02. The first-order valence-electron chi connectivity index (χ1n) is 4.58. The van der Waals surface area contributed by atoms with Gasteiger partial charge >= 0.3 is 0 Å². The fourth-order valence-corrected chi connectivity index (χ4v) is 2.71. The van der Waals surface area contributed by atoms with Gasteiger partial charge in [0, 0.05) is 17.3 Å². The zero-order valence-corrected chi connectivity index (χ0v) is 10.7. The predicted octanol–water partition coefficient (Wildman–Crippen LogP) is 3.72. The van der Waals surface area contributed by atoms with Crippen LogP contribution in [0.3, 0.4) is 0 Å². The normalized spacial score (nSPS) is 10.8. The molecule has 0 bridgehead atoms. The topological polar surface area (TPSA) is 24.9 Å². The van der Waals surface area contributed by atoms with Gasteiger partial charge in [-0.25, -0.2) is 4.98 Å². The molecule has 2 rings (SSSR count). The smallest absolute Gasteiger partial charge is 0.183 e. The molecule has 1 aromatic heterocycles. The van der Waals surface area contributed by atoms with Crippen LogP contribution in [0.4, 0.5) is 5.13 Å². The second-order valence-electron chi connectivity index (χ2n) is 3.05. The first-order valence-corrected chi connectivity index (χ1v) is 7.17. The van der Waals surface area contributed by atoms with Crippen molar-refractivity contribution in [3.63, 3.8) is 0 Å². The highest BCUT2D eigenvalue weighted by Gasteiger charge is 2.02. The lowest BCUT2D eigenvalue weighted by Gasteiger charge is -1.98. The predicted molar refractivity (Wildman–Crippen MR) is 71.5 cm³/mol. The fraction of sp³-hybridized carbons (Fsp3) is 0.300. The Morgan fingerprint density at radius 3 is 3.20 bits per heavy atom. The first-order chi connectivity index (χ1) is 7.29. The summed E-state index contributed by atoms with van der Waals surface area (Å²) in [6.07, 6.45) is 2.10. The van der Waals surface area contributed by atoms with Gasteiger partial charge in [-0.15, -0.1) is 0 Å². The Hall–Kier alpha value is -0.450. The molecule has 1 aromatic carbocycles.